The third kappa shape index (κ3) is 4.81. The van der Waals surface area contributed by atoms with Gasteiger partial charge in [-0.25, -0.2) is 17.2 Å². The summed E-state index contributed by atoms with van der Waals surface area (Å²) < 4.78 is 55.7. The molecule has 1 fully saturated rings. The number of hydrogen-bond acceptors (Lipinski definition) is 4. The number of halogens is 2. The molecule has 33 heavy (non-hydrogen) atoms. The SMILES string of the molecule is Cc1cc(C)n(Cc2cccc(C(=O)N3CCN(S(=O)(=O)c4ccc(F)cc4F)CC3)c2)n1. The van der Waals surface area contributed by atoms with E-state index in [-0.39, 0.29) is 32.1 Å². The van der Waals surface area contributed by atoms with E-state index in [4.69, 9.17) is 0 Å². The highest BCUT2D eigenvalue weighted by Crippen LogP contribution is 2.22. The van der Waals surface area contributed by atoms with Gasteiger partial charge in [-0.05, 0) is 49.7 Å². The van der Waals surface area contributed by atoms with E-state index in [0.717, 1.165) is 33.4 Å². The van der Waals surface area contributed by atoms with E-state index < -0.39 is 26.6 Å². The van der Waals surface area contributed by atoms with Crippen LogP contribution in [0.25, 0.3) is 0 Å². The third-order valence-corrected chi connectivity index (χ3v) is 7.58. The van der Waals surface area contributed by atoms with Crippen molar-refractivity contribution in [3.05, 3.63) is 82.7 Å². The number of amides is 1. The number of sulfonamides is 1. The second-order valence-corrected chi connectivity index (χ2v) is 9.96. The summed E-state index contributed by atoms with van der Waals surface area (Å²) in [6, 6.07) is 11.6. The van der Waals surface area contributed by atoms with Gasteiger partial charge in [0, 0.05) is 43.5 Å². The van der Waals surface area contributed by atoms with Crippen LogP contribution in [0, 0.1) is 25.5 Å². The summed E-state index contributed by atoms with van der Waals surface area (Å²) in [6.45, 7) is 4.82. The second-order valence-electron chi connectivity index (χ2n) is 8.06. The summed E-state index contributed by atoms with van der Waals surface area (Å²) >= 11 is 0. The van der Waals surface area contributed by atoms with Crippen LogP contribution in [0.2, 0.25) is 0 Å². The van der Waals surface area contributed by atoms with Crippen molar-refractivity contribution < 1.29 is 22.0 Å². The number of aryl methyl sites for hydroxylation is 2. The second kappa shape index (κ2) is 9.03. The zero-order valence-corrected chi connectivity index (χ0v) is 19.1. The van der Waals surface area contributed by atoms with E-state index >= 15 is 0 Å². The summed E-state index contributed by atoms with van der Waals surface area (Å²) in [5, 5.41) is 4.45. The molecular weight excluding hydrogens is 450 g/mol. The van der Waals surface area contributed by atoms with Crippen molar-refractivity contribution in [2.45, 2.75) is 25.3 Å². The molecule has 1 aliphatic rings. The molecule has 0 N–H and O–H groups in total. The van der Waals surface area contributed by atoms with Crippen LogP contribution in [0.15, 0.2) is 53.4 Å². The van der Waals surface area contributed by atoms with Crippen molar-refractivity contribution in [3.63, 3.8) is 0 Å². The minimum Gasteiger partial charge on any atom is -0.336 e. The smallest absolute Gasteiger partial charge is 0.253 e. The molecule has 0 unspecified atom stereocenters. The molecule has 0 aliphatic carbocycles. The largest absolute Gasteiger partial charge is 0.336 e. The first-order chi connectivity index (χ1) is 15.6. The lowest BCUT2D eigenvalue weighted by Crippen LogP contribution is -2.50. The molecule has 2 aromatic carbocycles. The third-order valence-electron chi connectivity index (χ3n) is 5.65. The molecule has 1 aliphatic heterocycles. The van der Waals surface area contributed by atoms with Crippen LogP contribution in [0.4, 0.5) is 8.78 Å². The van der Waals surface area contributed by atoms with Crippen LogP contribution in [-0.4, -0.2) is 59.5 Å². The quantitative estimate of drug-likeness (QED) is 0.570. The van der Waals surface area contributed by atoms with Crippen molar-refractivity contribution in [2.75, 3.05) is 26.2 Å². The van der Waals surface area contributed by atoms with Crippen LogP contribution >= 0.6 is 0 Å². The highest BCUT2D eigenvalue weighted by atomic mass is 32.2. The van der Waals surface area contributed by atoms with Gasteiger partial charge in [-0.3, -0.25) is 9.48 Å². The molecule has 1 amide bonds. The number of hydrogen-bond donors (Lipinski definition) is 0. The molecule has 1 aromatic heterocycles. The maximum absolute atomic E-state index is 14.0. The molecule has 2 heterocycles. The summed E-state index contributed by atoms with van der Waals surface area (Å²) in [4.78, 5) is 14.0. The van der Waals surface area contributed by atoms with E-state index in [1.807, 2.05) is 42.8 Å². The lowest BCUT2D eigenvalue weighted by molar-refractivity contribution is 0.0697. The molecule has 1 saturated heterocycles. The monoisotopic (exact) mass is 474 g/mol. The van der Waals surface area contributed by atoms with Crippen LogP contribution in [0.3, 0.4) is 0 Å². The van der Waals surface area contributed by atoms with Gasteiger partial charge in [0.2, 0.25) is 10.0 Å². The van der Waals surface area contributed by atoms with Crippen LogP contribution in [0.5, 0.6) is 0 Å². The average Bonchev–Trinajstić information content (AvgIpc) is 3.09. The van der Waals surface area contributed by atoms with Crippen LogP contribution in [-0.2, 0) is 16.6 Å². The van der Waals surface area contributed by atoms with Gasteiger partial charge in [0.1, 0.15) is 16.5 Å². The molecule has 0 spiro atoms. The van der Waals surface area contributed by atoms with Crippen molar-refractivity contribution >= 4 is 15.9 Å². The van der Waals surface area contributed by atoms with E-state index in [0.29, 0.717) is 18.2 Å². The first-order valence-corrected chi connectivity index (χ1v) is 11.9. The first kappa shape index (κ1) is 23.1. The predicted molar refractivity (Wildman–Crippen MR) is 118 cm³/mol. The van der Waals surface area contributed by atoms with Crippen molar-refractivity contribution in [1.29, 1.82) is 0 Å². The number of carbonyl (C=O) groups excluding carboxylic acids is 1. The van der Waals surface area contributed by atoms with E-state index in [1.165, 1.54) is 0 Å². The lowest BCUT2D eigenvalue weighted by Gasteiger charge is -2.34. The number of carbonyl (C=O) groups is 1. The Morgan fingerprint density at radius 2 is 1.73 bits per heavy atom. The van der Waals surface area contributed by atoms with E-state index in [2.05, 4.69) is 5.10 Å². The topological polar surface area (TPSA) is 75.5 Å². The molecule has 174 valence electrons. The Morgan fingerprint density at radius 1 is 1.00 bits per heavy atom. The van der Waals surface area contributed by atoms with Gasteiger partial charge < -0.3 is 4.90 Å². The Morgan fingerprint density at radius 3 is 2.36 bits per heavy atom. The Labute approximate surface area is 191 Å². The average molecular weight is 475 g/mol. The maximum Gasteiger partial charge on any atom is 0.253 e. The number of rotatable bonds is 5. The van der Waals surface area contributed by atoms with Gasteiger partial charge >= 0.3 is 0 Å². The Kier molecular flexibility index (Phi) is 6.31. The standard InChI is InChI=1S/C23H24F2N4O3S/c1-16-12-17(2)29(26-16)15-18-4-3-5-19(13-18)23(30)27-8-10-28(11-9-27)33(31,32)22-7-6-20(24)14-21(22)25/h3-7,12-14H,8-11,15H2,1-2H3. The maximum atomic E-state index is 14.0. The molecule has 0 saturated carbocycles. The lowest BCUT2D eigenvalue weighted by atomic mass is 10.1. The van der Waals surface area contributed by atoms with E-state index in [9.17, 15) is 22.0 Å². The van der Waals surface area contributed by atoms with Gasteiger partial charge in [-0.2, -0.15) is 9.40 Å². The Balaban J connectivity index is 1.44. The summed E-state index contributed by atoms with van der Waals surface area (Å²) in [5.74, 6) is -2.18. The fourth-order valence-corrected chi connectivity index (χ4v) is 5.42. The molecule has 7 nitrogen and oxygen atoms in total. The van der Waals surface area contributed by atoms with Gasteiger partial charge in [0.15, 0.2) is 0 Å². The summed E-state index contributed by atoms with van der Waals surface area (Å²) in [5.41, 5.74) is 3.39. The Bertz CT molecular complexity index is 1300. The minimum absolute atomic E-state index is 0.0241. The van der Waals surface area contributed by atoms with E-state index in [1.54, 1.807) is 11.0 Å². The van der Waals surface area contributed by atoms with Crippen molar-refractivity contribution in [2.24, 2.45) is 0 Å². The van der Waals surface area contributed by atoms with Crippen LogP contribution in [0.1, 0.15) is 27.3 Å². The molecule has 4 rings (SSSR count). The van der Waals surface area contributed by atoms with Gasteiger partial charge in [-0.15, -0.1) is 0 Å². The normalized spacial score (nSPS) is 15.1. The van der Waals surface area contributed by atoms with Crippen LogP contribution < -0.4 is 0 Å². The van der Waals surface area contributed by atoms with Gasteiger partial charge in [0.05, 0.1) is 12.2 Å². The highest BCUT2D eigenvalue weighted by molar-refractivity contribution is 7.89. The molecule has 0 bridgehead atoms. The fourth-order valence-electron chi connectivity index (χ4n) is 3.95. The number of aromatic nitrogens is 2. The zero-order chi connectivity index (χ0) is 23.8. The zero-order valence-electron chi connectivity index (χ0n) is 18.3. The van der Waals surface area contributed by atoms with Crippen molar-refractivity contribution in [3.8, 4) is 0 Å². The summed E-state index contributed by atoms with van der Waals surface area (Å²) in [6.07, 6.45) is 0. The number of benzene rings is 2. The minimum atomic E-state index is -4.12. The molecule has 10 heteroatoms. The molecule has 0 atom stereocenters. The highest BCUT2D eigenvalue weighted by Gasteiger charge is 2.32. The van der Waals surface area contributed by atoms with Gasteiger partial charge in [0.25, 0.3) is 5.91 Å². The number of piperazine rings is 1. The predicted octanol–water partition coefficient (Wildman–Crippen LogP) is 2.97. The fraction of sp³-hybridized carbons (Fsp3) is 0.304. The molecule has 0 radical (unpaired) electrons. The Hall–Kier alpha value is -3.11. The first-order valence-electron chi connectivity index (χ1n) is 10.5. The molecule has 3 aromatic rings. The number of nitrogens with zero attached hydrogens (tertiary/aromatic N) is 4. The van der Waals surface area contributed by atoms with Gasteiger partial charge in [-0.1, -0.05) is 12.1 Å². The van der Waals surface area contributed by atoms with Crippen molar-refractivity contribution in [1.82, 2.24) is 19.0 Å². The molecular formula is C23H24F2N4O3S. The summed E-state index contributed by atoms with van der Waals surface area (Å²) in [7, 11) is -4.12.